The fraction of sp³-hybridized carbons (Fsp3) is 0.278. The molecule has 8 heteroatoms. The van der Waals surface area contributed by atoms with Gasteiger partial charge in [-0.05, 0) is 65.2 Å². The number of benzene rings is 2. The molecule has 0 bridgehead atoms. The first kappa shape index (κ1) is 18.7. The van der Waals surface area contributed by atoms with Crippen molar-refractivity contribution in [2.45, 2.75) is 24.2 Å². The zero-order valence-electron chi connectivity index (χ0n) is 14.2. The Morgan fingerprint density at radius 1 is 1.15 bits per heavy atom. The Labute approximate surface area is 161 Å². The standard InChI is InChI=1S/C18H19BrN2O4S/c1-25-17-9-8-14(11-16(17)19)21-26(23,24)15-7-3-6-13(10-15)20-18(22)12-4-2-5-12/h3,6-12,21H,2,4-5H2,1H3,(H,20,22). The Morgan fingerprint density at radius 2 is 1.92 bits per heavy atom. The largest absolute Gasteiger partial charge is 0.496 e. The van der Waals surface area contributed by atoms with E-state index in [2.05, 4.69) is 26.0 Å². The molecule has 0 atom stereocenters. The molecule has 0 spiro atoms. The molecule has 1 amide bonds. The second-order valence-corrected chi connectivity index (χ2v) is 8.64. The molecule has 138 valence electrons. The van der Waals surface area contributed by atoms with Crippen LogP contribution in [0.2, 0.25) is 0 Å². The number of nitrogens with one attached hydrogen (secondary N) is 2. The summed E-state index contributed by atoms with van der Waals surface area (Å²) in [5, 5.41) is 2.79. The smallest absolute Gasteiger partial charge is 0.261 e. The lowest BCUT2D eigenvalue weighted by Gasteiger charge is -2.24. The van der Waals surface area contributed by atoms with Crippen LogP contribution in [-0.4, -0.2) is 21.4 Å². The summed E-state index contributed by atoms with van der Waals surface area (Å²) < 4.78 is 33.6. The summed E-state index contributed by atoms with van der Waals surface area (Å²) in [6, 6.07) is 11.1. The lowest BCUT2D eigenvalue weighted by molar-refractivity contribution is -0.122. The molecule has 6 nitrogen and oxygen atoms in total. The van der Waals surface area contributed by atoms with Crippen molar-refractivity contribution in [3.05, 3.63) is 46.9 Å². The molecule has 3 rings (SSSR count). The number of carbonyl (C=O) groups excluding carboxylic acids is 1. The van der Waals surface area contributed by atoms with Crippen LogP contribution in [0.4, 0.5) is 11.4 Å². The highest BCUT2D eigenvalue weighted by atomic mass is 79.9. The highest BCUT2D eigenvalue weighted by molar-refractivity contribution is 9.10. The quantitative estimate of drug-likeness (QED) is 0.713. The first-order valence-electron chi connectivity index (χ1n) is 8.16. The molecule has 0 radical (unpaired) electrons. The second-order valence-electron chi connectivity index (χ2n) is 6.10. The van der Waals surface area contributed by atoms with Gasteiger partial charge in [0.05, 0.1) is 22.2 Å². The first-order valence-corrected chi connectivity index (χ1v) is 10.4. The van der Waals surface area contributed by atoms with Crippen LogP contribution in [-0.2, 0) is 14.8 Å². The number of carbonyl (C=O) groups is 1. The van der Waals surface area contributed by atoms with Crippen LogP contribution in [0.5, 0.6) is 5.75 Å². The topological polar surface area (TPSA) is 84.5 Å². The van der Waals surface area contributed by atoms with E-state index in [-0.39, 0.29) is 16.7 Å². The van der Waals surface area contributed by atoms with Crippen molar-refractivity contribution in [3.8, 4) is 5.75 Å². The molecular formula is C18H19BrN2O4S. The highest BCUT2D eigenvalue weighted by Crippen LogP contribution is 2.30. The predicted molar refractivity (Wildman–Crippen MR) is 104 cm³/mol. The number of halogens is 1. The molecular weight excluding hydrogens is 420 g/mol. The molecule has 26 heavy (non-hydrogen) atoms. The van der Waals surface area contributed by atoms with Crippen molar-refractivity contribution in [2.24, 2.45) is 5.92 Å². The van der Waals surface area contributed by atoms with Crippen LogP contribution in [0.15, 0.2) is 51.8 Å². The van der Waals surface area contributed by atoms with Gasteiger partial charge in [0.15, 0.2) is 0 Å². The molecule has 0 aromatic heterocycles. The van der Waals surface area contributed by atoms with E-state index < -0.39 is 10.0 Å². The fourth-order valence-corrected chi connectivity index (χ4v) is 4.24. The van der Waals surface area contributed by atoms with Gasteiger partial charge in [-0.2, -0.15) is 0 Å². The first-order chi connectivity index (χ1) is 12.4. The monoisotopic (exact) mass is 438 g/mol. The summed E-state index contributed by atoms with van der Waals surface area (Å²) >= 11 is 3.33. The summed E-state index contributed by atoms with van der Waals surface area (Å²) in [5.74, 6) is 0.580. The average Bonchev–Trinajstić information content (AvgIpc) is 2.53. The Hall–Kier alpha value is -2.06. The van der Waals surface area contributed by atoms with Crippen LogP contribution < -0.4 is 14.8 Å². The van der Waals surface area contributed by atoms with Crippen molar-refractivity contribution in [1.82, 2.24) is 0 Å². The second kappa shape index (κ2) is 7.67. The summed E-state index contributed by atoms with van der Waals surface area (Å²) in [5.41, 5.74) is 0.877. The van der Waals surface area contributed by atoms with Crippen molar-refractivity contribution in [3.63, 3.8) is 0 Å². The minimum atomic E-state index is -3.78. The van der Waals surface area contributed by atoms with Crippen molar-refractivity contribution < 1.29 is 17.9 Å². The SMILES string of the molecule is COc1ccc(NS(=O)(=O)c2cccc(NC(=O)C3CCC3)c2)cc1Br. The van der Waals surface area contributed by atoms with Crippen LogP contribution in [0.3, 0.4) is 0 Å². The van der Waals surface area contributed by atoms with Crippen molar-refractivity contribution in [2.75, 3.05) is 17.1 Å². The molecule has 1 aliphatic rings. The number of hydrogen-bond acceptors (Lipinski definition) is 4. The average molecular weight is 439 g/mol. The van der Waals surface area contributed by atoms with E-state index >= 15 is 0 Å². The fourth-order valence-electron chi connectivity index (χ4n) is 2.60. The van der Waals surface area contributed by atoms with Gasteiger partial charge in [0.1, 0.15) is 5.75 Å². The maximum atomic E-state index is 12.6. The van der Waals surface area contributed by atoms with Gasteiger partial charge < -0.3 is 10.1 Å². The zero-order valence-corrected chi connectivity index (χ0v) is 16.6. The van der Waals surface area contributed by atoms with Crippen LogP contribution in [0, 0.1) is 5.92 Å². The number of methoxy groups -OCH3 is 1. The Bertz CT molecular complexity index is 927. The zero-order chi connectivity index (χ0) is 18.7. The van der Waals surface area contributed by atoms with Gasteiger partial charge >= 0.3 is 0 Å². The molecule has 1 aliphatic carbocycles. The van der Waals surface area contributed by atoms with Gasteiger partial charge in [0.2, 0.25) is 5.91 Å². The number of amides is 1. The van der Waals surface area contributed by atoms with E-state index in [4.69, 9.17) is 4.74 Å². The molecule has 0 saturated heterocycles. The Morgan fingerprint density at radius 3 is 2.54 bits per heavy atom. The Kier molecular flexibility index (Phi) is 5.52. The summed E-state index contributed by atoms with van der Waals surface area (Å²) in [4.78, 5) is 12.1. The number of rotatable bonds is 6. The van der Waals surface area contributed by atoms with Gasteiger partial charge in [-0.15, -0.1) is 0 Å². The molecule has 0 unspecified atom stereocenters. The van der Waals surface area contributed by atoms with Crippen molar-refractivity contribution >= 4 is 43.2 Å². The third-order valence-electron chi connectivity index (χ3n) is 4.29. The maximum absolute atomic E-state index is 12.6. The molecule has 2 aromatic rings. The van der Waals surface area contributed by atoms with Gasteiger partial charge in [-0.25, -0.2) is 8.42 Å². The number of hydrogen-bond donors (Lipinski definition) is 2. The normalized spacial score (nSPS) is 14.4. The molecule has 2 N–H and O–H groups in total. The van der Waals surface area contributed by atoms with Crippen LogP contribution in [0.1, 0.15) is 19.3 Å². The number of ether oxygens (including phenoxy) is 1. The summed E-state index contributed by atoms with van der Waals surface area (Å²) in [7, 11) is -2.25. The van der Waals surface area contributed by atoms with Crippen LogP contribution >= 0.6 is 15.9 Å². The van der Waals surface area contributed by atoms with E-state index in [9.17, 15) is 13.2 Å². The van der Waals surface area contributed by atoms with Gasteiger partial charge in [-0.1, -0.05) is 12.5 Å². The lowest BCUT2D eigenvalue weighted by atomic mass is 9.85. The van der Waals surface area contributed by atoms with Gasteiger partial charge in [-0.3, -0.25) is 9.52 Å². The van der Waals surface area contributed by atoms with E-state index in [0.29, 0.717) is 21.6 Å². The lowest BCUT2D eigenvalue weighted by Crippen LogP contribution is -2.28. The number of sulfonamides is 1. The summed E-state index contributed by atoms with van der Waals surface area (Å²) in [6.45, 7) is 0. The van der Waals surface area contributed by atoms with Crippen molar-refractivity contribution in [1.29, 1.82) is 0 Å². The minimum Gasteiger partial charge on any atom is -0.496 e. The van der Waals surface area contributed by atoms with E-state index in [1.165, 1.54) is 19.2 Å². The molecule has 0 heterocycles. The highest BCUT2D eigenvalue weighted by Gasteiger charge is 2.25. The predicted octanol–water partition coefficient (Wildman–Crippen LogP) is 4.00. The molecule has 2 aromatic carbocycles. The van der Waals surface area contributed by atoms with E-state index in [1.54, 1.807) is 30.3 Å². The molecule has 1 saturated carbocycles. The van der Waals surface area contributed by atoms with Gasteiger partial charge in [0, 0.05) is 11.6 Å². The maximum Gasteiger partial charge on any atom is 0.261 e. The molecule has 1 fully saturated rings. The Balaban J connectivity index is 1.77. The van der Waals surface area contributed by atoms with Crippen LogP contribution in [0.25, 0.3) is 0 Å². The summed E-state index contributed by atoms with van der Waals surface area (Å²) in [6.07, 6.45) is 2.84. The van der Waals surface area contributed by atoms with E-state index in [1.807, 2.05) is 0 Å². The third kappa shape index (κ3) is 4.19. The third-order valence-corrected chi connectivity index (χ3v) is 6.29. The number of anilines is 2. The van der Waals surface area contributed by atoms with Gasteiger partial charge in [0.25, 0.3) is 10.0 Å². The molecule has 0 aliphatic heterocycles. The minimum absolute atomic E-state index is 0.0324. The van der Waals surface area contributed by atoms with E-state index in [0.717, 1.165) is 19.3 Å².